The van der Waals surface area contributed by atoms with Gasteiger partial charge in [0.25, 0.3) is 5.91 Å². The molecular formula is C53H60N8O9S. The molecule has 71 heavy (non-hydrogen) atoms. The van der Waals surface area contributed by atoms with Gasteiger partial charge in [0.15, 0.2) is 22.8 Å². The maximum atomic E-state index is 13.8. The van der Waals surface area contributed by atoms with Crippen molar-refractivity contribution in [1.29, 1.82) is 0 Å². The summed E-state index contributed by atoms with van der Waals surface area (Å²) in [6.07, 6.45) is 6.60. The number of terminal acetylenes is 1. The highest BCUT2D eigenvalue weighted by Gasteiger charge is 2.60. The molecule has 18 heteroatoms. The van der Waals surface area contributed by atoms with Gasteiger partial charge < -0.3 is 44.5 Å². The second-order valence-corrected chi connectivity index (χ2v) is 18.5. The maximum absolute atomic E-state index is 13.8. The van der Waals surface area contributed by atoms with Gasteiger partial charge in [-0.15, -0.1) is 17.8 Å². The van der Waals surface area contributed by atoms with Crippen molar-refractivity contribution < 1.29 is 43.5 Å². The Hall–Kier alpha value is -6.47. The number of thiazole rings is 1. The molecule has 4 heterocycles. The Labute approximate surface area is 418 Å². The molecule has 2 aliphatic rings. The normalized spacial score (nSPS) is 19.4. The number of rotatable bonds is 22. The summed E-state index contributed by atoms with van der Waals surface area (Å²) >= 11 is 1.56. The molecule has 1 saturated heterocycles. The number of benzene rings is 3. The molecule has 17 nitrogen and oxygen atoms in total. The quantitative estimate of drug-likeness (QED) is 0.0244. The van der Waals surface area contributed by atoms with E-state index in [0.717, 1.165) is 27.4 Å². The number of hydrogen-bond acceptors (Lipinski definition) is 17. The molecule has 2 aromatic heterocycles. The lowest BCUT2D eigenvalue weighted by Gasteiger charge is -2.50. The summed E-state index contributed by atoms with van der Waals surface area (Å²) in [5, 5.41) is 31.0. The van der Waals surface area contributed by atoms with Gasteiger partial charge in [-0.2, -0.15) is 0 Å². The molecule has 0 saturated carbocycles. The largest absolute Gasteiger partial charge is 0.487 e. The number of amidine groups is 1. The minimum absolute atomic E-state index is 0.0547. The van der Waals surface area contributed by atoms with E-state index >= 15 is 0 Å². The summed E-state index contributed by atoms with van der Waals surface area (Å²) in [5.41, 5.74) is 6.18. The molecule has 1 unspecified atom stereocenters. The van der Waals surface area contributed by atoms with Gasteiger partial charge in [0.2, 0.25) is 5.79 Å². The number of aliphatic hydroxyl groups excluding tert-OH is 1. The van der Waals surface area contributed by atoms with Crippen LogP contribution in [0.1, 0.15) is 57.4 Å². The first kappa shape index (κ1) is 52.4. The number of hydrogen-bond donors (Lipinski definition) is 5. The number of likely N-dealkylation sites (tertiary alicyclic amines) is 1. The Bertz CT molecular complexity index is 2870. The van der Waals surface area contributed by atoms with Gasteiger partial charge in [-0.25, -0.2) is 25.4 Å². The van der Waals surface area contributed by atoms with E-state index in [2.05, 4.69) is 60.7 Å². The molecule has 0 aliphatic carbocycles. The predicted octanol–water partition coefficient (Wildman–Crippen LogP) is 5.71. The Morgan fingerprint density at radius 1 is 1.01 bits per heavy atom. The zero-order valence-electron chi connectivity index (χ0n) is 41.0. The van der Waals surface area contributed by atoms with Gasteiger partial charge >= 0.3 is 0 Å². The molecule has 5 atom stereocenters. The number of nitrogens with zero attached hydrogens (tertiary/aromatic N) is 5. The number of nitrogens with one attached hydrogen (secondary N) is 3. The molecular weight excluding hydrogens is 925 g/mol. The number of fused-ring (bicyclic) bond motifs is 1. The Morgan fingerprint density at radius 2 is 1.76 bits per heavy atom. The number of aliphatic imine (C=N–C) groups is 1. The molecule has 1 amide bonds. The van der Waals surface area contributed by atoms with Crippen LogP contribution in [0.3, 0.4) is 0 Å². The fraction of sp³-hybridized carbons (Fsp3) is 0.415. The molecule has 0 spiro atoms. The summed E-state index contributed by atoms with van der Waals surface area (Å²) in [4.78, 5) is 40.8. The third kappa shape index (κ3) is 12.2. The van der Waals surface area contributed by atoms with Crippen LogP contribution in [0, 0.1) is 48.9 Å². The highest BCUT2D eigenvalue weighted by Crippen LogP contribution is 2.43. The molecule has 0 bridgehead atoms. The standard InChI is InChI=1S/C53H60N8O9S/c1-9-37-15-14-16-40(27-37)58-48-42-29-45(46(67-25-23-65-8)30-43(42)55-33-56-48)68-26-24-66-21-12-10-11-13-22-69-52(6,70-54-7)53(64,31-35(2)3)61-32-41(62)28-44(61)49-59-50(63)51(5,60-49)39-19-17-38(18-20-39)47-36(4)57-34-71-47/h1,14-20,27,29-30,33-35,41,44,54,62,64H,21-26,28,31-32H2,2-8H3,(H,55,56,58)(H,59,60,63)/t41-,44+,51+,52+,53?/m1/s1. The van der Waals surface area contributed by atoms with Crippen molar-refractivity contribution in [2.45, 2.75) is 76.7 Å². The van der Waals surface area contributed by atoms with Crippen molar-refractivity contribution in [3.8, 4) is 58.0 Å². The van der Waals surface area contributed by atoms with Crippen molar-refractivity contribution in [1.82, 2.24) is 30.6 Å². The number of amides is 1. The van der Waals surface area contributed by atoms with Crippen molar-refractivity contribution in [2.75, 3.05) is 65.7 Å². The average Bonchev–Trinajstić information content (AvgIpc) is 4.06. The first-order chi connectivity index (χ1) is 34.2. The monoisotopic (exact) mass is 984 g/mol. The fourth-order valence-electron chi connectivity index (χ4n) is 8.59. The SMILES string of the molecule is C#Cc1cccc(Nc2ncnc3cc(OCCOC)c(OCCOCC#CC#CCO[C@@](C)(ONC)C(O)(CC(C)C)N4C[C@H](O)C[C@H]4C4=N[C@@](C)(c5ccc(-c6scnc6C)cc5)C(=O)N4)cc23)c1. The van der Waals surface area contributed by atoms with Crippen LogP contribution in [0.15, 0.2) is 77.5 Å². The second-order valence-electron chi connectivity index (χ2n) is 17.6. The number of aromatic nitrogens is 3. The molecule has 2 aliphatic heterocycles. The van der Waals surface area contributed by atoms with Crippen LogP contribution in [-0.2, 0) is 29.4 Å². The van der Waals surface area contributed by atoms with Crippen LogP contribution < -0.4 is 25.6 Å². The summed E-state index contributed by atoms with van der Waals surface area (Å²) < 4.78 is 29.3. The minimum Gasteiger partial charge on any atom is -0.487 e. The van der Waals surface area contributed by atoms with Gasteiger partial charge in [0.1, 0.15) is 44.4 Å². The molecule has 3 aromatic carbocycles. The van der Waals surface area contributed by atoms with Crippen molar-refractivity contribution in [3.05, 3.63) is 89.3 Å². The van der Waals surface area contributed by atoms with E-state index in [0.29, 0.717) is 52.8 Å². The van der Waals surface area contributed by atoms with E-state index < -0.39 is 29.2 Å². The lowest BCUT2D eigenvalue weighted by Crippen LogP contribution is -2.69. The van der Waals surface area contributed by atoms with Crippen LogP contribution in [0.2, 0.25) is 0 Å². The van der Waals surface area contributed by atoms with Crippen LogP contribution in [0.4, 0.5) is 11.5 Å². The van der Waals surface area contributed by atoms with Gasteiger partial charge in [-0.3, -0.25) is 14.5 Å². The molecule has 0 radical (unpaired) electrons. The number of β-amino-alcohol motifs (C(OH)–C–C–N with tert-alkyl or cyclic N) is 1. The van der Waals surface area contributed by atoms with Crippen molar-refractivity contribution in [2.24, 2.45) is 10.9 Å². The van der Waals surface area contributed by atoms with Gasteiger partial charge in [0, 0.05) is 43.4 Å². The predicted molar refractivity (Wildman–Crippen MR) is 272 cm³/mol. The van der Waals surface area contributed by atoms with Gasteiger partial charge in [0.05, 0.1) is 47.0 Å². The van der Waals surface area contributed by atoms with Gasteiger partial charge in [-0.1, -0.05) is 61.9 Å². The smallest absolute Gasteiger partial charge is 0.257 e. The number of carbonyl (C=O) groups excluding carboxylic acids is 1. The van der Waals surface area contributed by atoms with Crippen LogP contribution >= 0.6 is 11.3 Å². The average molecular weight is 985 g/mol. The van der Waals surface area contributed by atoms with E-state index in [4.69, 9.17) is 39.9 Å². The maximum Gasteiger partial charge on any atom is 0.257 e. The number of carbonyl (C=O) groups is 1. The van der Waals surface area contributed by atoms with E-state index in [1.165, 1.54) is 6.33 Å². The molecule has 5 N–H and O–H groups in total. The number of ether oxygens (including phenoxy) is 5. The Balaban J connectivity index is 0.977. The molecule has 372 valence electrons. The van der Waals surface area contributed by atoms with E-state index in [-0.39, 0.29) is 57.6 Å². The molecule has 1 fully saturated rings. The number of aryl methyl sites for hydroxylation is 1. The Morgan fingerprint density at radius 3 is 2.46 bits per heavy atom. The number of anilines is 2. The lowest BCUT2D eigenvalue weighted by atomic mass is 9.90. The summed E-state index contributed by atoms with van der Waals surface area (Å²) in [7, 11) is 3.16. The summed E-state index contributed by atoms with van der Waals surface area (Å²) in [6, 6.07) is 18.1. The van der Waals surface area contributed by atoms with E-state index in [1.54, 1.807) is 50.3 Å². The van der Waals surface area contributed by atoms with Crippen LogP contribution in [0.25, 0.3) is 21.3 Å². The minimum atomic E-state index is -1.86. The van der Waals surface area contributed by atoms with Crippen molar-refractivity contribution >= 4 is 45.5 Å². The highest BCUT2D eigenvalue weighted by molar-refractivity contribution is 7.13. The fourth-order valence-corrected chi connectivity index (χ4v) is 9.40. The second kappa shape index (κ2) is 23.6. The Kier molecular flexibility index (Phi) is 17.4. The van der Waals surface area contributed by atoms with Crippen LogP contribution in [0.5, 0.6) is 11.5 Å². The van der Waals surface area contributed by atoms with E-state index in [9.17, 15) is 15.0 Å². The first-order valence-electron chi connectivity index (χ1n) is 23.2. The summed E-state index contributed by atoms with van der Waals surface area (Å²) in [5.74, 6) is 13.7. The molecule has 7 rings (SSSR count). The molecule has 5 aromatic rings. The number of methoxy groups -OCH3 is 1. The summed E-state index contributed by atoms with van der Waals surface area (Å²) in [6.45, 7) is 10.3. The lowest BCUT2D eigenvalue weighted by molar-refractivity contribution is -0.369. The highest BCUT2D eigenvalue weighted by atomic mass is 32.1. The van der Waals surface area contributed by atoms with Gasteiger partial charge in [-0.05, 0) is 86.8 Å². The van der Waals surface area contributed by atoms with Crippen molar-refractivity contribution in [3.63, 3.8) is 0 Å². The third-order valence-corrected chi connectivity index (χ3v) is 13.1. The topological polar surface area (TPSA) is 203 Å². The zero-order valence-corrected chi connectivity index (χ0v) is 41.8. The zero-order chi connectivity index (χ0) is 50.6. The number of hydroxylamine groups is 1. The first-order valence-corrected chi connectivity index (χ1v) is 24.1. The van der Waals surface area contributed by atoms with Crippen LogP contribution in [-0.4, -0.2) is 126 Å². The number of aliphatic hydroxyl groups is 2. The van der Waals surface area contributed by atoms with E-state index in [1.807, 2.05) is 80.9 Å². The third-order valence-electron chi connectivity index (χ3n) is 12.1.